The molecule has 1 saturated heterocycles. The number of carboxylic acids is 1. The van der Waals surface area contributed by atoms with Crippen LogP contribution in [0.1, 0.15) is 90.4 Å². The van der Waals surface area contributed by atoms with Crippen molar-refractivity contribution in [2.45, 2.75) is 177 Å². The molecule has 20 atom stereocenters. The Balaban J connectivity index is 1.88. The van der Waals surface area contributed by atoms with Crippen LogP contribution in [0.15, 0.2) is 114 Å². The van der Waals surface area contributed by atoms with E-state index >= 15 is 0 Å². The normalized spacial score (nSPS) is 38.9. The first-order valence-corrected chi connectivity index (χ1v) is 27.4. The summed E-state index contributed by atoms with van der Waals surface area (Å²) < 4.78 is 30.7. The summed E-state index contributed by atoms with van der Waals surface area (Å²) in [5, 5.41) is 122. The first-order chi connectivity index (χ1) is 35.9. The molecule has 0 bridgehead atoms. The molecule has 2 aliphatic heterocycles. The maximum atomic E-state index is 13.1. The number of carboxylic acid groups (broad SMARTS) is 1. The predicted molar refractivity (Wildman–Crippen MR) is 284 cm³/mol. The molecule has 0 spiro atoms. The maximum Gasteiger partial charge on any atom is 0.529 e. The zero-order valence-corrected chi connectivity index (χ0v) is 45.5. The Morgan fingerprint density at radius 1 is 0.645 bits per heavy atom. The van der Waals surface area contributed by atoms with Gasteiger partial charge in [-0.3, -0.25) is 19.7 Å². The molecular formula is C54H78BrNO19P+. The number of carbonyl (C=O) groups is 3. The second-order valence-electron chi connectivity index (χ2n) is 19.4. The topological polar surface area (TPSA) is 351 Å². The fourth-order valence-electron chi connectivity index (χ4n) is 8.57. The molecule has 76 heavy (non-hydrogen) atoms. The Labute approximate surface area is 453 Å². The number of aliphatic hydroxyl groups is 10. The summed E-state index contributed by atoms with van der Waals surface area (Å²) in [5.41, 5.74) is 0.366. The van der Waals surface area contributed by atoms with Crippen LogP contribution in [0.25, 0.3) is 0 Å². The van der Waals surface area contributed by atoms with Crippen molar-refractivity contribution in [1.29, 1.82) is 0 Å². The minimum Gasteiger partial charge on any atom is -0.481 e. The van der Waals surface area contributed by atoms with Crippen LogP contribution in [0.4, 0.5) is 0 Å². The number of halogens is 1. The van der Waals surface area contributed by atoms with E-state index < -0.39 is 161 Å². The summed E-state index contributed by atoms with van der Waals surface area (Å²) in [6.07, 6.45) is 0.216. The van der Waals surface area contributed by atoms with Gasteiger partial charge < -0.3 is 70.4 Å². The number of nitrogens with one attached hydrogen (secondary N) is 1. The molecule has 2 heterocycles. The van der Waals surface area contributed by atoms with Crippen LogP contribution in [0.5, 0.6) is 0 Å². The second-order valence-corrected chi connectivity index (χ2v) is 21.5. The number of aliphatic carboxylic acids is 1. The van der Waals surface area contributed by atoms with Crippen molar-refractivity contribution in [1.82, 2.24) is 5.32 Å². The molecule has 22 heteroatoms. The van der Waals surface area contributed by atoms with Crippen LogP contribution in [-0.2, 0) is 33.2 Å². The third-order valence-electron chi connectivity index (χ3n) is 13.2. The number of hydrogen-bond acceptors (Lipinski definition) is 18. The molecule has 2 aliphatic rings. The van der Waals surface area contributed by atoms with Crippen LogP contribution >= 0.6 is 24.0 Å². The van der Waals surface area contributed by atoms with E-state index in [1.165, 1.54) is 19.1 Å². The van der Waals surface area contributed by atoms with E-state index in [4.69, 9.17) is 14.2 Å². The summed E-state index contributed by atoms with van der Waals surface area (Å²) >= 11 is 3.32. The Morgan fingerprint density at radius 3 is 1.75 bits per heavy atom. The van der Waals surface area contributed by atoms with Gasteiger partial charge in [-0.25, -0.2) is 0 Å². The van der Waals surface area contributed by atoms with Gasteiger partial charge in [0.2, 0.25) is 0 Å². The van der Waals surface area contributed by atoms with Crippen LogP contribution in [-0.4, -0.2) is 170 Å². The second kappa shape index (κ2) is 34.1. The fourth-order valence-corrected chi connectivity index (χ4v) is 9.56. The first kappa shape index (κ1) is 66.3. The lowest BCUT2D eigenvalue weighted by atomic mass is 9.88. The number of rotatable bonds is 7. The molecule has 424 valence electrons. The van der Waals surface area contributed by atoms with Gasteiger partial charge in [0.05, 0.1) is 79.6 Å². The number of hydrogen-bond donors (Lipinski definition) is 13. The SMILES string of the molecule is CC1/C=C/C=C/C=C/C=C/C=C/C=C/C=C/C(O[C@@H]2O[C@@H](C)[C@H](O)[C@H](NC(c3ccc(Br)cc3)[P+](=O)O)[C@H]2O)CC(O)C(C(=O)O)C(O)CC(=O)CC(O)C(O)CCC(O)CC(O)CC(O)CC(=O)OC(C)C(C)C1O. The summed E-state index contributed by atoms with van der Waals surface area (Å²) in [5.74, 6) is -7.41. The zero-order valence-electron chi connectivity index (χ0n) is 43.1. The number of ether oxygens (including phenoxy) is 3. The van der Waals surface area contributed by atoms with E-state index in [-0.39, 0.29) is 31.6 Å². The summed E-state index contributed by atoms with van der Waals surface area (Å²) in [4.78, 5) is 48.6. The van der Waals surface area contributed by atoms with Crippen LogP contribution in [0.3, 0.4) is 0 Å². The smallest absolute Gasteiger partial charge is 0.481 e. The van der Waals surface area contributed by atoms with Crippen molar-refractivity contribution < 1.29 is 94.2 Å². The number of Topliss-reactive ketones (excluding diaryl/α,β-unsaturated/α-hetero) is 1. The highest BCUT2D eigenvalue weighted by atomic mass is 79.9. The van der Waals surface area contributed by atoms with Gasteiger partial charge >= 0.3 is 20.0 Å². The highest BCUT2D eigenvalue weighted by Crippen LogP contribution is 2.38. The minimum atomic E-state index is -2.96. The van der Waals surface area contributed by atoms with Crippen LogP contribution < -0.4 is 5.32 Å². The number of aliphatic hydroxyl groups excluding tert-OH is 10. The number of benzene rings is 1. The van der Waals surface area contributed by atoms with Crippen LogP contribution in [0.2, 0.25) is 0 Å². The zero-order chi connectivity index (χ0) is 56.6. The number of carbonyl (C=O) groups excluding carboxylic acids is 2. The van der Waals surface area contributed by atoms with Gasteiger partial charge in [-0.05, 0) is 56.2 Å². The van der Waals surface area contributed by atoms with E-state index in [0.717, 1.165) is 0 Å². The van der Waals surface area contributed by atoms with Crippen molar-refractivity contribution in [3.05, 3.63) is 119 Å². The Bertz CT molecular complexity index is 2170. The number of esters is 1. The third-order valence-corrected chi connectivity index (χ3v) is 14.6. The molecule has 1 aromatic rings. The molecule has 15 unspecified atom stereocenters. The minimum absolute atomic E-state index is 0.173. The van der Waals surface area contributed by atoms with Gasteiger partial charge in [0.1, 0.15) is 23.9 Å². The average Bonchev–Trinajstić information content (AvgIpc) is 3.33. The quantitative estimate of drug-likeness (QED) is 0.137. The van der Waals surface area contributed by atoms with E-state index in [1.807, 2.05) is 6.92 Å². The molecule has 0 aromatic heterocycles. The highest BCUT2D eigenvalue weighted by Gasteiger charge is 2.48. The Kier molecular flexibility index (Phi) is 29.8. The maximum absolute atomic E-state index is 13.1. The predicted octanol–water partition coefficient (Wildman–Crippen LogP) is 3.38. The highest BCUT2D eigenvalue weighted by molar-refractivity contribution is 9.10. The van der Waals surface area contributed by atoms with Crippen molar-refractivity contribution in [2.24, 2.45) is 17.8 Å². The molecule has 0 radical (unpaired) electrons. The standard InChI is InChI=1S/C54H77BrNO19P/c1-31-17-15-13-11-9-7-5-6-8-10-12-14-16-18-41(75-54-51(68)48(50(67)34(4)74-54)56-52(76(71)72)35-19-21-36(55)22-20-35)30-45(64)47(53(69)70)44(63)28-40(60)27-43(62)42(61)24-23-37(57)25-38(58)26-39(59)29-46(65)73-33(3)32(2)49(31)66/h5-22,31-34,37-39,41-45,47-52,54,56-59,61-64,66-68H,23-30H2,1-4H3,(H-,69,70,71,72)/p+1/b6-5+,9-7+,10-8+,13-11+,14-12+,17-15+,18-16+/t31?,32?,33?,34-,37?,38?,39?,41?,42?,43?,44?,45?,47?,48-,49?,50-,51+,52?,54-/m0/s1. The molecular weight excluding hydrogens is 1080 g/mol. The Hall–Kier alpha value is -3.97. The monoisotopic (exact) mass is 1150 g/mol. The lowest BCUT2D eigenvalue weighted by Gasteiger charge is -2.43. The van der Waals surface area contributed by atoms with E-state index in [2.05, 4.69) is 21.2 Å². The molecule has 3 rings (SSSR count). The molecule has 0 saturated carbocycles. The van der Waals surface area contributed by atoms with Gasteiger partial charge in [0.25, 0.3) is 5.78 Å². The van der Waals surface area contributed by atoms with Crippen molar-refractivity contribution >= 4 is 41.7 Å². The first-order valence-electron chi connectivity index (χ1n) is 25.3. The number of cyclic esters (lactones) is 1. The van der Waals surface area contributed by atoms with Crippen molar-refractivity contribution in [3.8, 4) is 0 Å². The summed E-state index contributed by atoms with van der Waals surface area (Å²) in [6.45, 7) is 6.63. The third kappa shape index (κ3) is 23.2. The molecule has 1 fully saturated rings. The Morgan fingerprint density at radius 2 is 1.18 bits per heavy atom. The van der Waals surface area contributed by atoms with Gasteiger partial charge in [-0.2, -0.15) is 4.89 Å². The van der Waals surface area contributed by atoms with Gasteiger partial charge in [0, 0.05) is 41.1 Å². The van der Waals surface area contributed by atoms with Gasteiger partial charge in [0.15, 0.2) is 6.29 Å². The fraction of sp³-hybridized carbons (Fsp3) is 0.574. The van der Waals surface area contributed by atoms with Crippen molar-refractivity contribution in [2.75, 3.05) is 0 Å². The van der Waals surface area contributed by atoms with E-state index in [0.29, 0.717) is 10.0 Å². The summed E-state index contributed by atoms with van der Waals surface area (Å²) in [7, 11) is -2.96. The average molecular weight is 1160 g/mol. The molecule has 13 N–H and O–H groups in total. The molecule has 0 aliphatic carbocycles. The van der Waals surface area contributed by atoms with Gasteiger partial charge in [-0.15, -0.1) is 0 Å². The molecule has 1 aromatic carbocycles. The molecule has 20 nitrogen and oxygen atoms in total. The lowest BCUT2D eigenvalue weighted by molar-refractivity contribution is -0.281. The van der Waals surface area contributed by atoms with E-state index in [9.17, 15) is 80.0 Å². The van der Waals surface area contributed by atoms with Crippen molar-refractivity contribution in [3.63, 3.8) is 0 Å². The molecule has 0 amide bonds. The lowest BCUT2D eigenvalue weighted by Crippen LogP contribution is -2.63. The largest absolute Gasteiger partial charge is 0.529 e. The number of allylic oxidation sites excluding steroid dienone is 12. The summed E-state index contributed by atoms with van der Waals surface area (Å²) in [6, 6.07) is 5.12. The number of ketones is 1. The van der Waals surface area contributed by atoms with Gasteiger partial charge in [-0.1, -0.05) is 127 Å². The van der Waals surface area contributed by atoms with Crippen LogP contribution in [0, 0.1) is 17.8 Å². The van der Waals surface area contributed by atoms with E-state index in [1.54, 1.807) is 111 Å².